The molecule has 3 rings (SSSR count). The first-order valence-corrected chi connectivity index (χ1v) is 6.97. The van der Waals surface area contributed by atoms with Crippen LogP contribution in [0.25, 0.3) is 10.9 Å². The molecule has 1 aromatic heterocycles. The first kappa shape index (κ1) is 12.6. The molecule has 2 unspecified atom stereocenters. The van der Waals surface area contributed by atoms with Crippen LogP contribution in [0.5, 0.6) is 0 Å². The van der Waals surface area contributed by atoms with Gasteiger partial charge in [-0.3, -0.25) is 9.88 Å². The van der Waals surface area contributed by atoms with Gasteiger partial charge in [0.1, 0.15) is 0 Å². The smallest absolute Gasteiger partial charge is 0.0746 e. The predicted octanol–water partition coefficient (Wildman–Crippen LogP) is 2.44. The van der Waals surface area contributed by atoms with E-state index in [4.69, 9.17) is 0 Å². The van der Waals surface area contributed by atoms with E-state index in [-0.39, 0.29) is 6.61 Å². The average molecular weight is 256 g/mol. The quantitative estimate of drug-likeness (QED) is 0.916. The molecule has 1 N–H and O–H groups in total. The second kappa shape index (κ2) is 5.27. The number of hydrogen-bond donors (Lipinski definition) is 1. The zero-order valence-electron chi connectivity index (χ0n) is 11.3. The summed E-state index contributed by atoms with van der Waals surface area (Å²) in [6, 6.07) is 10.7. The van der Waals surface area contributed by atoms with Crippen LogP contribution in [0.1, 0.15) is 18.9 Å². The maximum absolute atomic E-state index is 9.54. The number of benzene rings is 1. The number of rotatable bonds is 3. The predicted molar refractivity (Wildman–Crippen MR) is 76.8 cm³/mol. The molecule has 19 heavy (non-hydrogen) atoms. The maximum atomic E-state index is 9.54. The van der Waals surface area contributed by atoms with Crippen molar-refractivity contribution < 1.29 is 5.11 Å². The summed E-state index contributed by atoms with van der Waals surface area (Å²) >= 11 is 0. The lowest BCUT2D eigenvalue weighted by Crippen LogP contribution is -2.34. The van der Waals surface area contributed by atoms with E-state index in [2.05, 4.69) is 41.1 Å². The number of nitrogens with zero attached hydrogens (tertiary/aromatic N) is 2. The number of aliphatic hydroxyl groups is 1. The lowest BCUT2D eigenvalue weighted by atomic mass is 10.0. The normalized spacial score (nSPS) is 24.1. The van der Waals surface area contributed by atoms with Crippen LogP contribution in [0, 0.1) is 5.92 Å². The Morgan fingerprint density at radius 2 is 2.16 bits per heavy atom. The fourth-order valence-electron chi connectivity index (χ4n) is 3.09. The molecule has 1 aliphatic heterocycles. The average Bonchev–Trinajstić information content (AvgIpc) is 2.79. The van der Waals surface area contributed by atoms with Crippen molar-refractivity contribution in [1.29, 1.82) is 0 Å². The second-order valence-electron chi connectivity index (χ2n) is 5.48. The largest absolute Gasteiger partial charge is 0.395 e. The zero-order chi connectivity index (χ0) is 13.2. The molecule has 1 fully saturated rings. The summed E-state index contributed by atoms with van der Waals surface area (Å²) in [5.74, 6) is 0.577. The van der Waals surface area contributed by atoms with E-state index in [0.717, 1.165) is 18.6 Å². The molecule has 3 heteroatoms. The minimum Gasteiger partial charge on any atom is -0.395 e. The minimum absolute atomic E-state index is 0.249. The molecule has 1 aliphatic rings. The van der Waals surface area contributed by atoms with Gasteiger partial charge in [0.05, 0.1) is 12.1 Å². The third kappa shape index (κ3) is 2.36. The van der Waals surface area contributed by atoms with E-state index in [9.17, 15) is 5.11 Å². The Kier molecular flexibility index (Phi) is 3.49. The lowest BCUT2D eigenvalue weighted by molar-refractivity contribution is 0.134. The monoisotopic (exact) mass is 256 g/mol. The maximum Gasteiger partial charge on any atom is 0.0746 e. The third-order valence-corrected chi connectivity index (χ3v) is 4.27. The Bertz CT molecular complexity index is 564. The number of aliphatic hydroxyl groups excluding tert-OH is 1. The standard InChI is InChI=1S/C16H20N2O/c1-12-7-9-18(15(12)11-19)10-14-5-2-4-13-6-3-8-17-16(13)14/h2-6,8,12,15,19H,7,9-11H2,1H3. The molecule has 100 valence electrons. The van der Waals surface area contributed by atoms with Gasteiger partial charge >= 0.3 is 0 Å². The summed E-state index contributed by atoms with van der Waals surface area (Å²) < 4.78 is 0. The first-order valence-electron chi connectivity index (χ1n) is 6.97. The Morgan fingerprint density at radius 3 is 3.00 bits per heavy atom. The van der Waals surface area contributed by atoms with Crippen molar-refractivity contribution in [3.63, 3.8) is 0 Å². The molecule has 2 aromatic rings. The minimum atomic E-state index is 0.249. The highest BCUT2D eigenvalue weighted by Gasteiger charge is 2.30. The molecule has 0 radical (unpaired) electrons. The van der Waals surface area contributed by atoms with Crippen LogP contribution < -0.4 is 0 Å². The summed E-state index contributed by atoms with van der Waals surface area (Å²) in [6.07, 6.45) is 3.02. The first-order chi connectivity index (χ1) is 9.29. The van der Waals surface area contributed by atoms with E-state index in [1.807, 2.05) is 12.3 Å². The number of fused-ring (bicyclic) bond motifs is 1. The van der Waals surface area contributed by atoms with Gasteiger partial charge in [-0.05, 0) is 30.5 Å². The molecular weight excluding hydrogens is 236 g/mol. The zero-order valence-corrected chi connectivity index (χ0v) is 11.3. The summed E-state index contributed by atoms with van der Waals surface area (Å²) in [5.41, 5.74) is 2.34. The number of para-hydroxylation sites is 1. The SMILES string of the molecule is CC1CCN(Cc2cccc3cccnc23)C1CO. The number of aromatic nitrogens is 1. The molecule has 3 nitrogen and oxygen atoms in total. The molecule has 1 aromatic carbocycles. The molecule has 0 spiro atoms. The van der Waals surface area contributed by atoms with Gasteiger partial charge in [0.15, 0.2) is 0 Å². The van der Waals surface area contributed by atoms with Crippen LogP contribution in [0.4, 0.5) is 0 Å². The van der Waals surface area contributed by atoms with Gasteiger partial charge in [-0.15, -0.1) is 0 Å². The van der Waals surface area contributed by atoms with Crippen LogP contribution in [0.2, 0.25) is 0 Å². The Morgan fingerprint density at radius 1 is 1.32 bits per heavy atom. The number of likely N-dealkylation sites (tertiary alicyclic amines) is 1. The fourth-order valence-corrected chi connectivity index (χ4v) is 3.09. The molecule has 2 atom stereocenters. The third-order valence-electron chi connectivity index (χ3n) is 4.27. The molecule has 1 saturated heterocycles. The Balaban J connectivity index is 1.89. The van der Waals surface area contributed by atoms with Gasteiger partial charge in [0, 0.05) is 24.2 Å². The van der Waals surface area contributed by atoms with Gasteiger partial charge in [-0.2, -0.15) is 0 Å². The molecule has 0 saturated carbocycles. The van der Waals surface area contributed by atoms with Crippen LogP contribution in [-0.4, -0.2) is 34.2 Å². The second-order valence-corrected chi connectivity index (χ2v) is 5.48. The van der Waals surface area contributed by atoms with Crippen molar-refractivity contribution >= 4 is 10.9 Å². The number of pyridine rings is 1. The molecular formula is C16H20N2O. The van der Waals surface area contributed by atoms with Gasteiger partial charge in [0.2, 0.25) is 0 Å². The van der Waals surface area contributed by atoms with E-state index in [0.29, 0.717) is 12.0 Å². The van der Waals surface area contributed by atoms with Crippen LogP contribution in [0.15, 0.2) is 36.5 Å². The molecule has 0 aliphatic carbocycles. The van der Waals surface area contributed by atoms with Crippen molar-refractivity contribution in [3.8, 4) is 0 Å². The van der Waals surface area contributed by atoms with E-state index in [1.54, 1.807) is 0 Å². The van der Waals surface area contributed by atoms with Crippen molar-refractivity contribution in [1.82, 2.24) is 9.88 Å². The molecule has 0 bridgehead atoms. The van der Waals surface area contributed by atoms with E-state index < -0.39 is 0 Å². The van der Waals surface area contributed by atoms with Crippen molar-refractivity contribution in [2.75, 3.05) is 13.2 Å². The van der Waals surface area contributed by atoms with Gasteiger partial charge in [0.25, 0.3) is 0 Å². The number of hydrogen-bond acceptors (Lipinski definition) is 3. The van der Waals surface area contributed by atoms with Gasteiger partial charge in [-0.25, -0.2) is 0 Å². The van der Waals surface area contributed by atoms with Crippen molar-refractivity contribution in [2.45, 2.75) is 25.9 Å². The summed E-state index contributed by atoms with van der Waals surface area (Å²) in [4.78, 5) is 6.89. The van der Waals surface area contributed by atoms with Gasteiger partial charge < -0.3 is 5.11 Å². The Labute approximate surface area is 113 Å². The van der Waals surface area contributed by atoms with Crippen molar-refractivity contribution in [3.05, 3.63) is 42.1 Å². The summed E-state index contributed by atoms with van der Waals surface area (Å²) in [5, 5.41) is 10.7. The van der Waals surface area contributed by atoms with Crippen LogP contribution in [0.3, 0.4) is 0 Å². The Hall–Kier alpha value is -1.45. The van der Waals surface area contributed by atoms with Gasteiger partial charge in [-0.1, -0.05) is 31.2 Å². The van der Waals surface area contributed by atoms with E-state index >= 15 is 0 Å². The summed E-state index contributed by atoms with van der Waals surface area (Å²) in [6.45, 7) is 4.42. The highest BCUT2D eigenvalue weighted by atomic mass is 16.3. The highest BCUT2D eigenvalue weighted by molar-refractivity contribution is 5.81. The molecule has 2 heterocycles. The molecule has 0 amide bonds. The highest BCUT2D eigenvalue weighted by Crippen LogP contribution is 2.27. The van der Waals surface area contributed by atoms with Crippen molar-refractivity contribution in [2.24, 2.45) is 5.92 Å². The summed E-state index contributed by atoms with van der Waals surface area (Å²) in [7, 11) is 0. The van der Waals surface area contributed by atoms with Crippen LogP contribution >= 0.6 is 0 Å². The van der Waals surface area contributed by atoms with E-state index in [1.165, 1.54) is 17.4 Å². The topological polar surface area (TPSA) is 36.4 Å². The van der Waals surface area contributed by atoms with Crippen LogP contribution in [-0.2, 0) is 6.54 Å². The fraction of sp³-hybridized carbons (Fsp3) is 0.438. The lowest BCUT2D eigenvalue weighted by Gasteiger charge is -2.25.